The Balaban J connectivity index is 1.61. The van der Waals surface area contributed by atoms with Crippen LogP contribution in [0.4, 0.5) is 0 Å². The van der Waals surface area contributed by atoms with Crippen molar-refractivity contribution in [2.24, 2.45) is 0 Å². The van der Waals surface area contributed by atoms with Crippen molar-refractivity contribution in [3.63, 3.8) is 0 Å². The zero-order valence-electron chi connectivity index (χ0n) is 19.5. The second kappa shape index (κ2) is 9.46. The summed E-state index contributed by atoms with van der Waals surface area (Å²) >= 11 is 0. The lowest BCUT2D eigenvalue weighted by atomic mass is 10.0. The van der Waals surface area contributed by atoms with Gasteiger partial charge in [0.15, 0.2) is 0 Å². The Bertz CT molecular complexity index is 1320. The van der Waals surface area contributed by atoms with Crippen molar-refractivity contribution in [2.45, 2.75) is 53.2 Å². The summed E-state index contributed by atoms with van der Waals surface area (Å²) in [6.07, 6.45) is 5.03. The number of pyridine rings is 1. The van der Waals surface area contributed by atoms with E-state index in [1.807, 2.05) is 26.8 Å². The summed E-state index contributed by atoms with van der Waals surface area (Å²) in [5.41, 5.74) is 4.98. The van der Waals surface area contributed by atoms with E-state index in [2.05, 4.69) is 51.5 Å². The van der Waals surface area contributed by atoms with Gasteiger partial charge in [-0.1, -0.05) is 26.0 Å². The Labute approximate surface area is 192 Å². The molecule has 0 amide bonds. The van der Waals surface area contributed by atoms with Gasteiger partial charge in [-0.3, -0.25) is 9.78 Å². The normalized spacial score (nSPS) is 11.5. The third-order valence-corrected chi connectivity index (χ3v) is 5.30. The fourth-order valence-corrected chi connectivity index (χ4v) is 3.50. The first-order valence-electron chi connectivity index (χ1n) is 11.0. The van der Waals surface area contributed by atoms with E-state index in [9.17, 15) is 4.79 Å². The van der Waals surface area contributed by atoms with Gasteiger partial charge in [0.25, 0.3) is 11.4 Å². The summed E-state index contributed by atoms with van der Waals surface area (Å²) in [5, 5.41) is 11.8. The largest absolute Gasteiger partial charge is 0.415 e. The van der Waals surface area contributed by atoms with Crippen LogP contribution in [-0.2, 0) is 6.54 Å². The molecule has 4 aromatic rings. The van der Waals surface area contributed by atoms with Gasteiger partial charge < -0.3 is 14.3 Å². The van der Waals surface area contributed by atoms with Gasteiger partial charge in [0.2, 0.25) is 5.89 Å². The maximum atomic E-state index is 12.1. The predicted octanol–water partition coefficient (Wildman–Crippen LogP) is 4.41. The van der Waals surface area contributed by atoms with Crippen LogP contribution in [0.1, 0.15) is 44.9 Å². The number of nitrogens with zero attached hydrogens (tertiary/aromatic N) is 5. The third-order valence-electron chi connectivity index (χ3n) is 5.30. The highest BCUT2D eigenvalue weighted by Gasteiger charge is 2.15. The summed E-state index contributed by atoms with van der Waals surface area (Å²) in [7, 11) is 0. The molecule has 0 bridgehead atoms. The lowest BCUT2D eigenvalue weighted by Gasteiger charge is -2.11. The van der Waals surface area contributed by atoms with Crippen molar-refractivity contribution in [3.8, 4) is 34.3 Å². The maximum Gasteiger partial charge on any atom is 0.268 e. The van der Waals surface area contributed by atoms with Crippen LogP contribution in [0.25, 0.3) is 34.3 Å². The lowest BCUT2D eigenvalue weighted by molar-refractivity contribution is 0.578. The molecule has 0 radical (unpaired) electrons. The van der Waals surface area contributed by atoms with E-state index in [4.69, 9.17) is 4.42 Å². The van der Waals surface area contributed by atoms with E-state index in [0.29, 0.717) is 29.2 Å². The molecule has 1 aromatic carbocycles. The van der Waals surface area contributed by atoms with Gasteiger partial charge in [0.05, 0.1) is 18.1 Å². The van der Waals surface area contributed by atoms with Crippen LogP contribution in [0.3, 0.4) is 0 Å². The first-order valence-corrected chi connectivity index (χ1v) is 11.0. The van der Waals surface area contributed by atoms with Gasteiger partial charge in [-0.2, -0.15) is 0 Å². The molecule has 8 nitrogen and oxygen atoms in total. The van der Waals surface area contributed by atoms with Crippen molar-refractivity contribution in [1.29, 1.82) is 0 Å². The molecule has 8 heteroatoms. The van der Waals surface area contributed by atoms with Gasteiger partial charge in [0.1, 0.15) is 5.69 Å². The molecule has 170 valence electrons. The van der Waals surface area contributed by atoms with E-state index in [1.165, 1.54) is 11.6 Å². The summed E-state index contributed by atoms with van der Waals surface area (Å²) in [4.78, 5) is 21.0. The molecule has 0 aliphatic rings. The molecule has 0 saturated heterocycles. The zero-order valence-corrected chi connectivity index (χ0v) is 19.5. The van der Waals surface area contributed by atoms with E-state index in [0.717, 1.165) is 23.2 Å². The maximum absolute atomic E-state index is 12.1. The average Bonchev–Trinajstić information content (AvgIpc) is 3.28. The molecule has 0 aliphatic heterocycles. The Morgan fingerprint density at radius 3 is 2.48 bits per heavy atom. The molecule has 0 unspecified atom stereocenters. The minimum absolute atomic E-state index is 0.0443. The molecule has 0 fully saturated rings. The quantitative estimate of drug-likeness (QED) is 0.451. The SMILES string of the molecule is Cc1cc(CNC(C)C)ccc1-c1nnc(-c2cncc(-c3ccc(=O)n(C(C)C)c3)n2)o1. The van der Waals surface area contributed by atoms with Gasteiger partial charge in [-0.15, -0.1) is 10.2 Å². The molecule has 3 aromatic heterocycles. The minimum Gasteiger partial charge on any atom is -0.415 e. The molecule has 1 N–H and O–H groups in total. The van der Waals surface area contributed by atoms with Crippen LogP contribution in [0, 0.1) is 6.92 Å². The number of aromatic nitrogens is 5. The molecule has 3 heterocycles. The fourth-order valence-electron chi connectivity index (χ4n) is 3.50. The molecule has 0 atom stereocenters. The van der Waals surface area contributed by atoms with Crippen LogP contribution < -0.4 is 10.9 Å². The Morgan fingerprint density at radius 2 is 1.76 bits per heavy atom. The summed E-state index contributed by atoms with van der Waals surface area (Å²) in [6, 6.07) is 9.94. The van der Waals surface area contributed by atoms with Gasteiger partial charge >= 0.3 is 0 Å². The molecular weight excluding hydrogens is 416 g/mol. The number of aryl methyl sites for hydroxylation is 1. The van der Waals surface area contributed by atoms with Gasteiger partial charge in [0, 0.05) is 42.0 Å². The Hall–Kier alpha value is -3.65. The Kier molecular flexibility index (Phi) is 6.46. The average molecular weight is 445 g/mol. The lowest BCUT2D eigenvalue weighted by Crippen LogP contribution is -2.21. The highest BCUT2D eigenvalue weighted by atomic mass is 16.4. The number of hydrogen-bond acceptors (Lipinski definition) is 7. The highest BCUT2D eigenvalue weighted by molar-refractivity contribution is 5.62. The molecular formula is C25H28N6O2. The van der Waals surface area contributed by atoms with E-state index >= 15 is 0 Å². The summed E-state index contributed by atoms with van der Waals surface area (Å²) in [6.45, 7) is 11.0. The van der Waals surface area contributed by atoms with Crippen LogP contribution in [-0.4, -0.2) is 30.8 Å². The fraction of sp³-hybridized carbons (Fsp3) is 0.320. The summed E-state index contributed by atoms with van der Waals surface area (Å²) < 4.78 is 7.62. The highest BCUT2D eigenvalue weighted by Crippen LogP contribution is 2.27. The van der Waals surface area contributed by atoms with E-state index in [-0.39, 0.29) is 11.6 Å². The smallest absolute Gasteiger partial charge is 0.268 e. The van der Waals surface area contributed by atoms with Crippen molar-refractivity contribution in [3.05, 3.63) is 70.4 Å². The van der Waals surface area contributed by atoms with Crippen molar-refractivity contribution >= 4 is 0 Å². The molecule has 4 rings (SSSR count). The molecule has 33 heavy (non-hydrogen) atoms. The first kappa shape index (κ1) is 22.5. The first-order chi connectivity index (χ1) is 15.8. The molecule has 0 spiro atoms. The van der Waals surface area contributed by atoms with Crippen LogP contribution in [0.2, 0.25) is 0 Å². The second-order valence-electron chi connectivity index (χ2n) is 8.64. The van der Waals surface area contributed by atoms with Crippen molar-refractivity contribution in [1.82, 2.24) is 30.0 Å². The second-order valence-corrected chi connectivity index (χ2v) is 8.64. The third kappa shape index (κ3) is 5.06. The molecule has 0 saturated carbocycles. The number of nitrogens with one attached hydrogen (secondary N) is 1. The monoisotopic (exact) mass is 444 g/mol. The van der Waals surface area contributed by atoms with Gasteiger partial charge in [-0.05, 0) is 44.0 Å². The van der Waals surface area contributed by atoms with Crippen LogP contribution in [0.5, 0.6) is 0 Å². The van der Waals surface area contributed by atoms with Gasteiger partial charge in [-0.25, -0.2) is 4.98 Å². The standard InChI is InChI=1S/C25H28N6O2/c1-15(2)27-11-18-6-8-20(17(5)10-18)24-29-30-25(33-24)22-13-26-12-21(28-22)19-7-9-23(32)31(14-19)16(3)4/h6-10,12-16,27H,11H2,1-5H3. The number of benzene rings is 1. The molecule has 0 aliphatic carbocycles. The number of rotatable bonds is 7. The Morgan fingerprint density at radius 1 is 1.00 bits per heavy atom. The van der Waals surface area contributed by atoms with E-state index < -0.39 is 0 Å². The number of hydrogen-bond donors (Lipinski definition) is 1. The minimum atomic E-state index is -0.0548. The topological polar surface area (TPSA) is 98.7 Å². The summed E-state index contributed by atoms with van der Waals surface area (Å²) in [5.74, 6) is 0.730. The van der Waals surface area contributed by atoms with Crippen LogP contribution in [0.15, 0.2) is 58.1 Å². The predicted molar refractivity (Wildman–Crippen MR) is 128 cm³/mol. The zero-order chi connectivity index (χ0) is 23.5. The van der Waals surface area contributed by atoms with Crippen molar-refractivity contribution < 1.29 is 4.42 Å². The van der Waals surface area contributed by atoms with Crippen molar-refractivity contribution in [2.75, 3.05) is 0 Å². The van der Waals surface area contributed by atoms with E-state index in [1.54, 1.807) is 29.2 Å². The van der Waals surface area contributed by atoms with Crippen LogP contribution >= 0.6 is 0 Å².